The molecule has 4 heterocycles. The number of hydrogen-bond acceptors (Lipinski definition) is 7. The van der Waals surface area contributed by atoms with Crippen LogP contribution in [0.3, 0.4) is 0 Å². The number of fused-ring (bicyclic) bond motifs is 1. The van der Waals surface area contributed by atoms with Crippen molar-refractivity contribution in [1.82, 2.24) is 24.6 Å². The van der Waals surface area contributed by atoms with Gasteiger partial charge < -0.3 is 4.90 Å². The summed E-state index contributed by atoms with van der Waals surface area (Å²) < 4.78 is 1.64. The molecule has 2 aliphatic rings. The van der Waals surface area contributed by atoms with Crippen LogP contribution in [0.25, 0.3) is 0 Å². The van der Waals surface area contributed by atoms with E-state index < -0.39 is 0 Å². The van der Waals surface area contributed by atoms with Gasteiger partial charge in [-0.1, -0.05) is 0 Å². The predicted octanol–water partition coefficient (Wildman–Crippen LogP) is 0.645. The Kier molecular flexibility index (Phi) is 4.98. The van der Waals surface area contributed by atoms with Gasteiger partial charge in [0.15, 0.2) is 0 Å². The van der Waals surface area contributed by atoms with Crippen LogP contribution in [0.15, 0.2) is 29.3 Å². The third-order valence-electron chi connectivity index (χ3n) is 4.74. The Labute approximate surface area is 151 Å². The van der Waals surface area contributed by atoms with Crippen molar-refractivity contribution in [2.24, 2.45) is 0 Å². The fourth-order valence-electron chi connectivity index (χ4n) is 3.27. The van der Waals surface area contributed by atoms with Gasteiger partial charge in [0.1, 0.15) is 0 Å². The molecule has 2 aliphatic heterocycles. The van der Waals surface area contributed by atoms with Crippen LogP contribution in [0.5, 0.6) is 0 Å². The van der Waals surface area contributed by atoms with Crippen molar-refractivity contribution >= 4 is 17.7 Å². The van der Waals surface area contributed by atoms with Gasteiger partial charge in [-0.3, -0.25) is 9.69 Å². The lowest BCUT2D eigenvalue weighted by Gasteiger charge is -2.34. The molecule has 0 aromatic carbocycles. The number of piperazine rings is 1. The molecule has 25 heavy (non-hydrogen) atoms. The van der Waals surface area contributed by atoms with Crippen molar-refractivity contribution in [1.29, 1.82) is 0 Å². The third-order valence-corrected chi connectivity index (χ3v) is 5.75. The Morgan fingerprint density at radius 3 is 2.68 bits per heavy atom. The molecule has 132 valence electrons. The fraction of sp³-hybridized carbons (Fsp3) is 0.529. The number of thioether (sulfide) groups is 1. The molecule has 2 aromatic rings. The van der Waals surface area contributed by atoms with Crippen LogP contribution in [0, 0.1) is 0 Å². The number of aromatic nitrogens is 4. The van der Waals surface area contributed by atoms with Crippen molar-refractivity contribution in [3.63, 3.8) is 0 Å². The average Bonchev–Trinajstić information content (AvgIpc) is 2.67. The van der Waals surface area contributed by atoms with Crippen molar-refractivity contribution in [3.05, 3.63) is 46.1 Å². The molecule has 4 rings (SSSR count). The fourth-order valence-corrected chi connectivity index (χ4v) is 4.23. The van der Waals surface area contributed by atoms with Gasteiger partial charge in [0.2, 0.25) is 5.95 Å². The van der Waals surface area contributed by atoms with Gasteiger partial charge in [0.05, 0.1) is 12.2 Å². The lowest BCUT2D eigenvalue weighted by molar-refractivity contribution is 0.241. The molecular formula is C17H22N6OS. The highest BCUT2D eigenvalue weighted by molar-refractivity contribution is 7.98. The van der Waals surface area contributed by atoms with Gasteiger partial charge in [0, 0.05) is 63.4 Å². The van der Waals surface area contributed by atoms with E-state index >= 15 is 0 Å². The van der Waals surface area contributed by atoms with Crippen molar-refractivity contribution < 1.29 is 0 Å². The lowest BCUT2D eigenvalue weighted by Crippen LogP contribution is -2.48. The van der Waals surface area contributed by atoms with Gasteiger partial charge in [-0.05, 0) is 17.4 Å². The highest BCUT2D eigenvalue weighted by atomic mass is 32.2. The van der Waals surface area contributed by atoms with E-state index in [9.17, 15) is 4.79 Å². The van der Waals surface area contributed by atoms with Gasteiger partial charge in [0.25, 0.3) is 5.56 Å². The first-order valence-corrected chi connectivity index (χ1v) is 9.87. The number of anilines is 1. The zero-order valence-electron chi connectivity index (χ0n) is 14.2. The van der Waals surface area contributed by atoms with Gasteiger partial charge in [-0.25, -0.2) is 14.6 Å². The van der Waals surface area contributed by atoms with E-state index in [4.69, 9.17) is 0 Å². The lowest BCUT2D eigenvalue weighted by atomic mass is 10.2. The summed E-state index contributed by atoms with van der Waals surface area (Å²) in [6.45, 7) is 5.23. The van der Waals surface area contributed by atoms with Crippen molar-refractivity contribution in [2.75, 3.05) is 43.4 Å². The van der Waals surface area contributed by atoms with Gasteiger partial charge in [-0.2, -0.15) is 16.9 Å². The Balaban J connectivity index is 1.33. The largest absolute Gasteiger partial charge is 0.338 e. The molecule has 0 bridgehead atoms. The van der Waals surface area contributed by atoms with Crippen LogP contribution < -0.4 is 10.5 Å². The molecule has 2 aromatic heterocycles. The van der Waals surface area contributed by atoms with Gasteiger partial charge in [-0.15, -0.1) is 0 Å². The molecule has 0 atom stereocenters. The van der Waals surface area contributed by atoms with E-state index in [-0.39, 0.29) is 5.56 Å². The summed E-state index contributed by atoms with van der Waals surface area (Å²) in [5.41, 5.74) is 2.25. The third kappa shape index (κ3) is 3.85. The maximum atomic E-state index is 12.2. The molecule has 0 radical (unpaired) electrons. The maximum absolute atomic E-state index is 12.2. The van der Waals surface area contributed by atoms with Crippen LogP contribution in [0.2, 0.25) is 0 Å². The minimum atomic E-state index is 0.0255. The van der Waals surface area contributed by atoms with E-state index in [2.05, 4.69) is 24.9 Å². The molecule has 0 saturated carbocycles. The van der Waals surface area contributed by atoms with Crippen LogP contribution in [0.1, 0.15) is 11.3 Å². The second-order valence-electron chi connectivity index (χ2n) is 6.36. The topological polar surface area (TPSA) is 67.2 Å². The quantitative estimate of drug-likeness (QED) is 0.795. The average molecular weight is 358 g/mol. The summed E-state index contributed by atoms with van der Waals surface area (Å²) in [6.07, 6.45) is 4.53. The first-order valence-electron chi connectivity index (χ1n) is 8.71. The molecule has 8 heteroatoms. The Hall–Kier alpha value is -1.93. The monoisotopic (exact) mass is 358 g/mol. The minimum absolute atomic E-state index is 0.0255. The molecule has 0 aliphatic carbocycles. The standard InChI is InChI=1S/C17H22N6OS/c24-16-12-14-13-25-11-2-15(14)20-23(16)10-7-21-5-8-22(9-6-21)17-18-3-1-4-19-17/h1,3-4,12H,2,5-11,13H2. The van der Waals surface area contributed by atoms with Crippen molar-refractivity contribution in [3.8, 4) is 0 Å². The summed E-state index contributed by atoms with van der Waals surface area (Å²) in [7, 11) is 0. The number of hydrogen-bond donors (Lipinski definition) is 0. The molecule has 7 nitrogen and oxygen atoms in total. The van der Waals surface area contributed by atoms with Crippen molar-refractivity contribution in [2.45, 2.75) is 18.7 Å². The summed E-state index contributed by atoms with van der Waals surface area (Å²) in [5.74, 6) is 2.82. The zero-order chi connectivity index (χ0) is 17.1. The van der Waals surface area contributed by atoms with Crippen LogP contribution in [-0.2, 0) is 18.7 Å². The van der Waals surface area contributed by atoms with E-state index in [0.29, 0.717) is 6.54 Å². The molecule has 0 unspecified atom stereocenters. The summed E-state index contributed by atoms with van der Waals surface area (Å²) in [5, 5.41) is 4.59. The molecule has 0 N–H and O–H groups in total. The summed E-state index contributed by atoms with van der Waals surface area (Å²) in [6, 6.07) is 3.61. The normalized spacial score (nSPS) is 18.2. The second kappa shape index (κ2) is 7.53. The zero-order valence-corrected chi connectivity index (χ0v) is 15.0. The molecule has 0 amide bonds. The van der Waals surface area contributed by atoms with E-state index in [1.807, 2.05) is 17.8 Å². The first-order chi connectivity index (χ1) is 12.3. The Morgan fingerprint density at radius 1 is 1.08 bits per heavy atom. The smallest absolute Gasteiger partial charge is 0.267 e. The number of aryl methyl sites for hydroxylation is 1. The highest BCUT2D eigenvalue weighted by Crippen LogP contribution is 2.21. The van der Waals surface area contributed by atoms with Crippen LogP contribution in [-0.4, -0.2) is 63.1 Å². The van der Waals surface area contributed by atoms with Crippen LogP contribution >= 0.6 is 11.8 Å². The minimum Gasteiger partial charge on any atom is -0.338 e. The molecule has 0 spiro atoms. The van der Waals surface area contributed by atoms with Crippen LogP contribution in [0.4, 0.5) is 5.95 Å². The summed E-state index contributed by atoms with van der Waals surface area (Å²) in [4.78, 5) is 25.5. The van der Waals surface area contributed by atoms with E-state index in [1.165, 1.54) is 0 Å². The maximum Gasteiger partial charge on any atom is 0.267 e. The number of rotatable bonds is 4. The second-order valence-corrected chi connectivity index (χ2v) is 7.46. The molecule has 1 saturated heterocycles. The Morgan fingerprint density at radius 2 is 1.88 bits per heavy atom. The van der Waals surface area contributed by atoms with E-state index in [1.54, 1.807) is 23.1 Å². The number of nitrogens with zero attached hydrogens (tertiary/aromatic N) is 6. The van der Waals surface area contributed by atoms with E-state index in [0.717, 1.165) is 67.9 Å². The highest BCUT2D eigenvalue weighted by Gasteiger charge is 2.19. The molecule has 1 fully saturated rings. The Bertz CT molecular complexity index is 772. The van der Waals surface area contributed by atoms with Gasteiger partial charge >= 0.3 is 0 Å². The SMILES string of the molecule is O=c1cc2c(nn1CCN1CCN(c3ncccn3)CC1)CCSC2. The summed E-state index contributed by atoms with van der Waals surface area (Å²) >= 11 is 1.88. The predicted molar refractivity (Wildman–Crippen MR) is 99.0 cm³/mol. The first kappa shape index (κ1) is 16.5. The molecular weight excluding hydrogens is 336 g/mol.